The summed E-state index contributed by atoms with van der Waals surface area (Å²) in [5.74, 6) is 1.59. The van der Waals surface area contributed by atoms with Crippen molar-refractivity contribution >= 4 is 5.69 Å². The van der Waals surface area contributed by atoms with Gasteiger partial charge in [0.05, 0.1) is 32.1 Å². The lowest BCUT2D eigenvalue weighted by molar-refractivity contribution is -0.0660. The molecule has 0 saturated carbocycles. The Morgan fingerprint density at radius 1 is 1.23 bits per heavy atom. The summed E-state index contributed by atoms with van der Waals surface area (Å²) in [5.41, 5.74) is 2.60. The van der Waals surface area contributed by atoms with Crippen LogP contribution in [0, 0.1) is 0 Å². The zero-order chi connectivity index (χ0) is 15.5. The average Bonchev–Trinajstić information content (AvgIpc) is 2.52. The third-order valence-corrected chi connectivity index (χ3v) is 5.18. The Balaban J connectivity index is 1.69. The van der Waals surface area contributed by atoms with Gasteiger partial charge in [-0.05, 0) is 30.0 Å². The van der Waals surface area contributed by atoms with Crippen molar-refractivity contribution in [3.8, 4) is 5.75 Å². The van der Waals surface area contributed by atoms with Gasteiger partial charge < -0.3 is 14.4 Å². The first kappa shape index (κ1) is 15.6. The highest BCUT2D eigenvalue weighted by Crippen LogP contribution is 2.33. The molecule has 3 rings (SSSR count). The Kier molecular flexibility index (Phi) is 4.89. The number of piperazine rings is 1. The van der Waals surface area contributed by atoms with Crippen molar-refractivity contribution in [2.24, 2.45) is 0 Å². The van der Waals surface area contributed by atoms with E-state index in [4.69, 9.17) is 9.47 Å². The first-order valence-electron chi connectivity index (χ1n) is 8.47. The van der Waals surface area contributed by atoms with Crippen LogP contribution >= 0.6 is 0 Å². The Bertz CT molecular complexity index is 494. The fourth-order valence-corrected chi connectivity index (χ4v) is 3.26. The molecule has 1 aromatic rings. The molecule has 0 aromatic heterocycles. The van der Waals surface area contributed by atoms with Crippen molar-refractivity contribution in [2.75, 3.05) is 51.4 Å². The van der Waals surface area contributed by atoms with Gasteiger partial charge in [-0.2, -0.15) is 0 Å². The minimum atomic E-state index is 0.582. The number of rotatable bonds is 5. The lowest BCUT2D eigenvalue weighted by Crippen LogP contribution is -2.56. The summed E-state index contributed by atoms with van der Waals surface area (Å²) in [5, 5.41) is 0. The van der Waals surface area contributed by atoms with Gasteiger partial charge in [0.2, 0.25) is 0 Å². The van der Waals surface area contributed by atoms with Gasteiger partial charge in [-0.3, -0.25) is 4.90 Å². The quantitative estimate of drug-likeness (QED) is 0.835. The molecule has 122 valence electrons. The van der Waals surface area contributed by atoms with Gasteiger partial charge in [-0.15, -0.1) is 0 Å². The fraction of sp³-hybridized carbons (Fsp3) is 0.667. The first-order valence-corrected chi connectivity index (χ1v) is 8.47. The third-order valence-electron chi connectivity index (χ3n) is 5.18. The third kappa shape index (κ3) is 3.08. The molecule has 4 nitrogen and oxygen atoms in total. The minimum Gasteiger partial charge on any atom is -0.495 e. The molecule has 0 spiro atoms. The molecule has 0 bridgehead atoms. The molecule has 0 radical (unpaired) electrons. The van der Waals surface area contributed by atoms with E-state index in [9.17, 15) is 0 Å². The molecule has 1 unspecified atom stereocenters. The predicted octanol–water partition coefficient (Wildman–Crippen LogP) is 2.73. The highest BCUT2D eigenvalue weighted by atomic mass is 16.5. The van der Waals surface area contributed by atoms with Gasteiger partial charge >= 0.3 is 0 Å². The van der Waals surface area contributed by atoms with E-state index in [0.717, 1.165) is 51.6 Å². The van der Waals surface area contributed by atoms with Crippen LogP contribution in [0.25, 0.3) is 0 Å². The van der Waals surface area contributed by atoms with Crippen LogP contribution in [0.15, 0.2) is 18.2 Å². The SMILES string of the molecule is CCC(C)c1ccc(N2CCN(C3COC3)CC2)c(OC)c1. The predicted molar refractivity (Wildman–Crippen MR) is 90.1 cm³/mol. The molecule has 22 heavy (non-hydrogen) atoms. The van der Waals surface area contributed by atoms with Crippen LogP contribution < -0.4 is 9.64 Å². The highest BCUT2D eigenvalue weighted by molar-refractivity contribution is 5.60. The van der Waals surface area contributed by atoms with E-state index in [1.165, 1.54) is 11.3 Å². The maximum absolute atomic E-state index is 5.67. The number of anilines is 1. The number of ether oxygens (including phenoxy) is 2. The van der Waals surface area contributed by atoms with Crippen molar-refractivity contribution < 1.29 is 9.47 Å². The van der Waals surface area contributed by atoms with Crippen LogP contribution in [0.2, 0.25) is 0 Å². The Labute approximate surface area is 134 Å². The summed E-state index contributed by atoms with van der Waals surface area (Å²) in [7, 11) is 1.78. The molecular formula is C18H28N2O2. The summed E-state index contributed by atoms with van der Waals surface area (Å²) in [4.78, 5) is 5.01. The van der Waals surface area contributed by atoms with Gasteiger partial charge in [-0.1, -0.05) is 19.9 Å². The van der Waals surface area contributed by atoms with Crippen molar-refractivity contribution in [3.63, 3.8) is 0 Å². The lowest BCUT2D eigenvalue weighted by atomic mass is 9.98. The van der Waals surface area contributed by atoms with Gasteiger partial charge in [0.25, 0.3) is 0 Å². The molecular weight excluding hydrogens is 276 g/mol. The van der Waals surface area contributed by atoms with Gasteiger partial charge in [0.15, 0.2) is 0 Å². The van der Waals surface area contributed by atoms with Crippen LogP contribution in [0.1, 0.15) is 31.7 Å². The van der Waals surface area contributed by atoms with Gasteiger partial charge in [0, 0.05) is 26.2 Å². The monoisotopic (exact) mass is 304 g/mol. The van der Waals surface area contributed by atoms with Crippen LogP contribution in [0.4, 0.5) is 5.69 Å². The zero-order valence-electron chi connectivity index (χ0n) is 14.0. The van der Waals surface area contributed by atoms with E-state index in [-0.39, 0.29) is 0 Å². The maximum atomic E-state index is 5.67. The van der Waals surface area contributed by atoms with Crippen molar-refractivity contribution in [1.29, 1.82) is 0 Å². The summed E-state index contributed by atoms with van der Waals surface area (Å²) < 4.78 is 11.0. The summed E-state index contributed by atoms with van der Waals surface area (Å²) in [6, 6.07) is 7.37. The largest absolute Gasteiger partial charge is 0.495 e. The van der Waals surface area contributed by atoms with E-state index < -0.39 is 0 Å². The van der Waals surface area contributed by atoms with E-state index in [0.29, 0.717) is 12.0 Å². The molecule has 0 N–H and O–H groups in total. The molecule has 4 heteroatoms. The summed E-state index contributed by atoms with van der Waals surface area (Å²) in [6.45, 7) is 10.7. The second-order valence-electron chi connectivity index (χ2n) is 6.45. The zero-order valence-corrected chi connectivity index (χ0v) is 14.0. The lowest BCUT2D eigenvalue weighted by Gasteiger charge is -2.43. The Hall–Kier alpha value is -1.26. The molecule has 2 saturated heterocycles. The topological polar surface area (TPSA) is 24.9 Å². The van der Waals surface area contributed by atoms with Gasteiger partial charge in [-0.25, -0.2) is 0 Å². The van der Waals surface area contributed by atoms with Crippen LogP contribution in [-0.4, -0.2) is 57.4 Å². The molecule has 2 fully saturated rings. The van der Waals surface area contributed by atoms with E-state index in [1.54, 1.807) is 7.11 Å². The van der Waals surface area contributed by atoms with Crippen LogP contribution in [0.5, 0.6) is 5.75 Å². The fourth-order valence-electron chi connectivity index (χ4n) is 3.26. The highest BCUT2D eigenvalue weighted by Gasteiger charge is 2.29. The second-order valence-corrected chi connectivity index (χ2v) is 6.45. The van der Waals surface area contributed by atoms with Gasteiger partial charge in [0.1, 0.15) is 5.75 Å². The number of nitrogens with zero attached hydrogens (tertiary/aromatic N) is 2. The van der Waals surface area contributed by atoms with E-state index in [2.05, 4.69) is 41.8 Å². The summed E-state index contributed by atoms with van der Waals surface area (Å²) in [6.07, 6.45) is 1.16. The Morgan fingerprint density at radius 2 is 1.95 bits per heavy atom. The van der Waals surface area contributed by atoms with Crippen LogP contribution in [-0.2, 0) is 4.74 Å². The number of hydrogen-bond donors (Lipinski definition) is 0. The average molecular weight is 304 g/mol. The number of hydrogen-bond acceptors (Lipinski definition) is 4. The molecule has 1 aromatic carbocycles. The minimum absolute atomic E-state index is 0.582. The van der Waals surface area contributed by atoms with Crippen molar-refractivity contribution in [2.45, 2.75) is 32.2 Å². The molecule has 2 aliphatic rings. The second kappa shape index (κ2) is 6.88. The smallest absolute Gasteiger partial charge is 0.142 e. The summed E-state index contributed by atoms with van der Waals surface area (Å²) >= 11 is 0. The standard InChI is InChI=1S/C18H28N2O2/c1-4-14(2)15-5-6-17(18(11-15)21-3)20-9-7-19(8-10-20)16-12-22-13-16/h5-6,11,14,16H,4,7-10,12-13H2,1-3H3. The molecule has 0 amide bonds. The molecule has 0 aliphatic carbocycles. The van der Waals surface area contributed by atoms with Crippen molar-refractivity contribution in [1.82, 2.24) is 4.90 Å². The Morgan fingerprint density at radius 3 is 2.50 bits per heavy atom. The molecule has 2 aliphatic heterocycles. The van der Waals surface area contributed by atoms with E-state index in [1.807, 2.05) is 0 Å². The maximum Gasteiger partial charge on any atom is 0.142 e. The van der Waals surface area contributed by atoms with Crippen molar-refractivity contribution in [3.05, 3.63) is 23.8 Å². The van der Waals surface area contributed by atoms with E-state index >= 15 is 0 Å². The number of methoxy groups -OCH3 is 1. The molecule has 2 heterocycles. The first-order chi connectivity index (χ1) is 10.7. The van der Waals surface area contributed by atoms with Crippen LogP contribution in [0.3, 0.4) is 0 Å². The number of benzene rings is 1. The normalized spacial score (nSPS) is 21.5. The molecule has 1 atom stereocenters.